The molecule has 0 heterocycles. The van der Waals surface area contributed by atoms with E-state index in [9.17, 15) is 14.4 Å². The molecule has 0 fully saturated rings. The topological polar surface area (TPSA) is 90.9 Å². The molecule has 21 heavy (non-hydrogen) atoms. The van der Waals surface area contributed by atoms with Gasteiger partial charge in [-0.15, -0.1) is 0 Å². The van der Waals surface area contributed by atoms with Crippen LogP contribution >= 0.6 is 11.6 Å². The lowest BCUT2D eigenvalue weighted by atomic mass is 10.3. The van der Waals surface area contributed by atoms with Gasteiger partial charge in [-0.25, -0.2) is 0 Å². The Hall–Kier alpha value is -2.28. The normalized spacial score (nSPS) is 9.95. The average Bonchev–Trinajstić information content (AvgIpc) is 2.37. The highest BCUT2D eigenvalue weighted by Crippen LogP contribution is 2.27. The summed E-state index contributed by atoms with van der Waals surface area (Å²) in [4.78, 5) is 33.9. The summed E-state index contributed by atoms with van der Waals surface area (Å²) in [5.74, 6) is -2.04. The molecule has 0 saturated heterocycles. The summed E-state index contributed by atoms with van der Waals surface area (Å²) in [6, 6.07) is 4.56. The molecule has 0 aliphatic carbocycles. The molecule has 8 heteroatoms. The monoisotopic (exact) mass is 315 g/mol. The molecule has 0 aromatic heterocycles. The minimum atomic E-state index is -1.69. The third-order valence-electron chi connectivity index (χ3n) is 2.18. The summed E-state index contributed by atoms with van der Waals surface area (Å²) < 4.78 is 14.3. The lowest BCUT2D eigenvalue weighted by Crippen LogP contribution is -2.35. The van der Waals surface area contributed by atoms with Crippen molar-refractivity contribution in [2.75, 3.05) is 12.4 Å². The zero-order chi connectivity index (χ0) is 16.0. The first-order valence-corrected chi connectivity index (χ1v) is 6.20. The first-order chi connectivity index (χ1) is 9.83. The Morgan fingerprint density at radius 2 is 1.71 bits per heavy atom. The summed E-state index contributed by atoms with van der Waals surface area (Å²) >= 11 is 5.83. The third kappa shape index (κ3) is 5.31. The van der Waals surface area contributed by atoms with Gasteiger partial charge in [0.2, 0.25) is 0 Å². The number of esters is 2. The van der Waals surface area contributed by atoms with E-state index in [2.05, 4.69) is 14.8 Å². The molecule has 1 rings (SSSR count). The average molecular weight is 316 g/mol. The highest BCUT2D eigenvalue weighted by atomic mass is 35.5. The maximum Gasteiger partial charge on any atom is 0.326 e. The molecule has 0 spiro atoms. The van der Waals surface area contributed by atoms with Gasteiger partial charge in [0.1, 0.15) is 5.75 Å². The number of rotatable bonds is 5. The van der Waals surface area contributed by atoms with Crippen molar-refractivity contribution in [3.05, 3.63) is 23.2 Å². The molecule has 7 nitrogen and oxygen atoms in total. The lowest BCUT2D eigenvalue weighted by Gasteiger charge is -2.17. The van der Waals surface area contributed by atoms with Gasteiger partial charge < -0.3 is 19.5 Å². The van der Waals surface area contributed by atoms with Crippen LogP contribution in [0.1, 0.15) is 13.8 Å². The van der Waals surface area contributed by atoms with Crippen LogP contribution < -0.4 is 10.1 Å². The van der Waals surface area contributed by atoms with E-state index in [0.717, 1.165) is 13.8 Å². The number of ether oxygens (including phenoxy) is 3. The van der Waals surface area contributed by atoms with Crippen molar-refractivity contribution in [1.82, 2.24) is 0 Å². The van der Waals surface area contributed by atoms with E-state index in [0.29, 0.717) is 10.8 Å². The Labute approximate surface area is 126 Å². The van der Waals surface area contributed by atoms with Crippen molar-refractivity contribution < 1.29 is 28.6 Å². The van der Waals surface area contributed by atoms with Crippen LogP contribution in [-0.2, 0) is 23.9 Å². The van der Waals surface area contributed by atoms with E-state index < -0.39 is 24.1 Å². The quantitative estimate of drug-likeness (QED) is 0.657. The largest absolute Gasteiger partial charge is 0.495 e. The molecule has 0 atom stereocenters. The summed E-state index contributed by atoms with van der Waals surface area (Å²) in [6.07, 6.45) is -1.69. The van der Waals surface area contributed by atoms with Crippen LogP contribution in [0, 0.1) is 0 Å². The minimum Gasteiger partial charge on any atom is -0.495 e. The SMILES string of the molecule is COc1ccc(Cl)cc1NC(=O)C(OC(C)=O)OC(C)=O. The predicted octanol–water partition coefficient (Wildman–Crippen LogP) is 1.74. The Morgan fingerprint density at radius 3 is 2.19 bits per heavy atom. The number of hydrogen-bond donors (Lipinski definition) is 1. The van der Waals surface area contributed by atoms with Gasteiger partial charge in [-0.1, -0.05) is 11.6 Å². The second kappa shape index (κ2) is 7.49. The number of halogens is 1. The second-order valence-corrected chi connectivity index (χ2v) is 4.32. The molecule has 1 aromatic rings. The molecule has 0 unspecified atom stereocenters. The zero-order valence-corrected chi connectivity index (χ0v) is 12.4. The smallest absolute Gasteiger partial charge is 0.326 e. The Kier molecular flexibility index (Phi) is 5.98. The van der Waals surface area contributed by atoms with Gasteiger partial charge in [0.15, 0.2) is 0 Å². The molecule has 0 saturated carbocycles. The molecule has 0 bridgehead atoms. The predicted molar refractivity (Wildman–Crippen MR) is 74.0 cm³/mol. The van der Waals surface area contributed by atoms with Gasteiger partial charge in [0.25, 0.3) is 0 Å². The van der Waals surface area contributed by atoms with Crippen LogP contribution in [-0.4, -0.2) is 31.2 Å². The molecular weight excluding hydrogens is 302 g/mol. The van der Waals surface area contributed by atoms with Crippen LogP contribution in [0.2, 0.25) is 5.02 Å². The van der Waals surface area contributed by atoms with Crippen molar-refractivity contribution in [2.24, 2.45) is 0 Å². The van der Waals surface area contributed by atoms with E-state index in [4.69, 9.17) is 16.3 Å². The van der Waals surface area contributed by atoms with Crippen molar-refractivity contribution in [3.63, 3.8) is 0 Å². The summed E-state index contributed by atoms with van der Waals surface area (Å²) in [7, 11) is 1.41. The summed E-state index contributed by atoms with van der Waals surface area (Å²) in [6.45, 7) is 2.17. The summed E-state index contributed by atoms with van der Waals surface area (Å²) in [5, 5.41) is 2.77. The molecule has 0 aliphatic heterocycles. The van der Waals surface area contributed by atoms with Gasteiger partial charge in [0.05, 0.1) is 12.8 Å². The van der Waals surface area contributed by atoms with Gasteiger partial charge in [-0.05, 0) is 18.2 Å². The van der Waals surface area contributed by atoms with Crippen molar-refractivity contribution >= 4 is 35.1 Å². The third-order valence-corrected chi connectivity index (χ3v) is 2.41. The van der Waals surface area contributed by atoms with Gasteiger partial charge in [-0.2, -0.15) is 0 Å². The van der Waals surface area contributed by atoms with E-state index in [1.165, 1.54) is 13.2 Å². The second-order valence-electron chi connectivity index (χ2n) is 3.88. The van der Waals surface area contributed by atoms with E-state index in [1.54, 1.807) is 12.1 Å². The maximum absolute atomic E-state index is 12.0. The highest BCUT2D eigenvalue weighted by molar-refractivity contribution is 6.31. The lowest BCUT2D eigenvalue weighted by molar-refractivity contribution is -0.188. The van der Waals surface area contributed by atoms with Crippen LogP contribution in [0.5, 0.6) is 5.75 Å². The van der Waals surface area contributed by atoms with Gasteiger partial charge in [-0.3, -0.25) is 14.4 Å². The van der Waals surface area contributed by atoms with E-state index >= 15 is 0 Å². The number of nitrogens with one attached hydrogen (secondary N) is 1. The number of amides is 1. The first kappa shape index (κ1) is 16.8. The molecule has 1 amide bonds. The number of carbonyl (C=O) groups is 3. The Bertz CT molecular complexity index is 544. The van der Waals surface area contributed by atoms with Gasteiger partial charge in [0, 0.05) is 18.9 Å². The van der Waals surface area contributed by atoms with Crippen LogP contribution in [0.3, 0.4) is 0 Å². The van der Waals surface area contributed by atoms with E-state index in [1.807, 2.05) is 0 Å². The van der Waals surface area contributed by atoms with E-state index in [-0.39, 0.29) is 5.69 Å². The van der Waals surface area contributed by atoms with Gasteiger partial charge >= 0.3 is 24.1 Å². The van der Waals surface area contributed by atoms with Crippen LogP contribution in [0.15, 0.2) is 18.2 Å². The van der Waals surface area contributed by atoms with Crippen LogP contribution in [0.25, 0.3) is 0 Å². The number of carbonyl (C=O) groups excluding carboxylic acids is 3. The fraction of sp³-hybridized carbons (Fsp3) is 0.308. The molecule has 1 aromatic carbocycles. The number of methoxy groups -OCH3 is 1. The number of anilines is 1. The van der Waals surface area contributed by atoms with Crippen molar-refractivity contribution in [1.29, 1.82) is 0 Å². The number of hydrogen-bond acceptors (Lipinski definition) is 6. The standard InChI is InChI=1S/C13H14ClNO6/c1-7(16)20-13(21-8(2)17)12(18)15-10-6-9(14)4-5-11(10)19-3/h4-6,13H,1-3H3,(H,15,18). The molecule has 114 valence electrons. The summed E-state index contributed by atoms with van der Waals surface area (Å²) in [5.41, 5.74) is 0.249. The first-order valence-electron chi connectivity index (χ1n) is 5.82. The van der Waals surface area contributed by atoms with Crippen molar-refractivity contribution in [2.45, 2.75) is 20.1 Å². The highest BCUT2D eigenvalue weighted by Gasteiger charge is 2.25. The zero-order valence-electron chi connectivity index (χ0n) is 11.6. The minimum absolute atomic E-state index is 0.249. The molecule has 0 aliphatic rings. The molecule has 0 radical (unpaired) electrons. The fourth-order valence-electron chi connectivity index (χ4n) is 1.40. The van der Waals surface area contributed by atoms with Crippen molar-refractivity contribution in [3.8, 4) is 5.75 Å². The molecule has 1 N–H and O–H groups in total. The molecular formula is C13H14ClNO6. The Balaban J connectivity index is 2.92. The Morgan fingerprint density at radius 1 is 1.14 bits per heavy atom. The number of benzene rings is 1. The fourth-order valence-corrected chi connectivity index (χ4v) is 1.57. The maximum atomic E-state index is 12.0. The van der Waals surface area contributed by atoms with Crippen LogP contribution in [0.4, 0.5) is 5.69 Å².